The Balaban J connectivity index is 2.47. The van der Waals surface area contributed by atoms with E-state index in [1.165, 1.54) is 4.88 Å². The van der Waals surface area contributed by atoms with Gasteiger partial charge in [-0.1, -0.05) is 0 Å². The Morgan fingerprint density at radius 3 is 2.94 bits per heavy atom. The maximum Gasteiger partial charge on any atom is 0.231 e. The van der Waals surface area contributed by atoms with Gasteiger partial charge in [0.05, 0.1) is 6.54 Å². The Morgan fingerprint density at radius 2 is 2.41 bits per heavy atom. The fourth-order valence-corrected chi connectivity index (χ4v) is 3.02. The minimum absolute atomic E-state index is 0.291. The van der Waals surface area contributed by atoms with Gasteiger partial charge in [-0.15, -0.1) is 11.3 Å². The van der Waals surface area contributed by atoms with Gasteiger partial charge in [0.1, 0.15) is 0 Å². The maximum absolute atomic E-state index is 11.0. The second kappa shape index (κ2) is 7.81. The Bertz CT molecular complexity index is 357. The molecule has 0 aliphatic heterocycles. The number of amides is 1. The average molecular weight is 321 g/mol. The number of hydrogen-bond donors (Lipinski definition) is 1. The number of nitrogens with two attached hydrogens (primary N) is 1. The van der Waals surface area contributed by atoms with Crippen molar-refractivity contribution in [2.45, 2.75) is 13.0 Å². The lowest BCUT2D eigenvalue weighted by Crippen LogP contribution is -2.34. The topological polar surface area (TPSA) is 55.6 Å². The molecule has 0 saturated heterocycles. The van der Waals surface area contributed by atoms with Crippen LogP contribution in [0.2, 0.25) is 0 Å². The minimum Gasteiger partial charge on any atom is -0.385 e. The summed E-state index contributed by atoms with van der Waals surface area (Å²) >= 11 is 5.09. The number of carbonyl (C=O) groups is 1. The number of nitrogens with zero attached hydrogens (tertiary/aromatic N) is 1. The van der Waals surface area contributed by atoms with Gasteiger partial charge < -0.3 is 10.5 Å². The van der Waals surface area contributed by atoms with Crippen molar-refractivity contribution in [1.82, 2.24) is 4.90 Å². The number of thiophene rings is 1. The number of rotatable bonds is 8. The van der Waals surface area contributed by atoms with Crippen LogP contribution in [0.25, 0.3) is 0 Å². The maximum atomic E-state index is 11.0. The molecule has 1 rings (SSSR count). The summed E-state index contributed by atoms with van der Waals surface area (Å²) in [5.74, 6) is -0.293. The van der Waals surface area contributed by atoms with Crippen LogP contribution in [-0.2, 0) is 16.1 Å². The Labute approximate surface area is 114 Å². The highest BCUT2D eigenvalue weighted by atomic mass is 79.9. The molecule has 0 atom stereocenters. The quantitative estimate of drug-likeness (QED) is 0.743. The van der Waals surface area contributed by atoms with Crippen LogP contribution in [0.15, 0.2) is 15.9 Å². The highest BCUT2D eigenvalue weighted by Gasteiger charge is 2.10. The summed E-state index contributed by atoms with van der Waals surface area (Å²) in [7, 11) is 1.68. The Kier molecular flexibility index (Phi) is 6.72. The number of hydrogen-bond acceptors (Lipinski definition) is 4. The van der Waals surface area contributed by atoms with E-state index in [9.17, 15) is 4.79 Å². The number of methoxy groups -OCH3 is 1. The first-order valence-electron chi connectivity index (χ1n) is 5.34. The summed E-state index contributed by atoms with van der Waals surface area (Å²) in [6.45, 7) is 2.55. The molecule has 0 spiro atoms. The summed E-state index contributed by atoms with van der Waals surface area (Å²) in [5.41, 5.74) is 5.24. The molecule has 96 valence electrons. The molecule has 1 aromatic heterocycles. The zero-order chi connectivity index (χ0) is 12.7. The van der Waals surface area contributed by atoms with Crippen molar-refractivity contribution in [2.24, 2.45) is 5.73 Å². The summed E-state index contributed by atoms with van der Waals surface area (Å²) in [6, 6.07) is 2.06. The summed E-state index contributed by atoms with van der Waals surface area (Å²) in [6.07, 6.45) is 0.899. The smallest absolute Gasteiger partial charge is 0.231 e. The molecule has 1 heterocycles. The third-order valence-electron chi connectivity index (χ3n) is 2.20. The third kappa shape index (κ3) is 6.16. The van der Waals surface area contributed by atoms with E-state index in [1.54, 1.807) is 18.4 Å². The second-order valence-corrected chi connectivity index (χ2v) is 5.67. The van der Waals surface area contributed by atoms with E-state index in [2.05, 4.69) is 22.0 Å². The molecule has 0 aromatic carbocycles. The fourth-order valence-electron chi connectivity index (χ4n) is 1.52. The van der Waals surface area contributed by atoms with Crippen LogP contribution in [0.4, 0.5) is 0 Å². The molecule has 0 fully saturated rings. The largest absolute Gasteiger partial charge is 0.385 e. The fraction of sp³-hybridized carbons (Fsp3) is 0.545. The monoisotopic (exact) mass is 320 g/mol. The van der Waals surface area contributed by atoms with Gasteiger partial charge in [-0.25, -0.2) is 0 Å². The molecule has 0 radical (unpaired) electrons. The van der Waals surface area contributed by atoms with E-state index in [-0.39, 0.29) is 5.91 Å². The van der Waals surface area contributed by atoms with E-state index in [1.807, 2.05) is 10.3 Å². The predicted octanol–water partition coefficient (Wildman–Crippen LogP) is 1.83. The number of ether oxygens (including phenoxy) is 1. The van der Waals surface area contributed by atoms with Crippen LogP contribution < -0.4 is 5.73 Å². The van der Waals surface area contributed by atoms with E-state index in [0.717, 1.165) is 24.0 Å². The molecule has 6 heteroatoms. The first-order valence-corrected chi connectivity index (χ1v) is 7.01. The summed E-state index contributed by atoms with van der Waals surface area (Å²) < 4.78 is 6.08. The van der Waals surface area contributed by atoms with Gasteiger partial charge in [0, 0.05) is 41.5 Å². The number of halogens is 1. The predicted molar refractivity (Wildman–Crippen MR) is 73.0 cm³/mol. The molecule has 2 N–H and O–H groups in total. The van der Waals surface area contributed by atoms with Crippen molar-refractivity contribution in [3.8, 4) is 0 Å². The van der Waals surface area contributed by atoms with Crippen LogP contribution in [0.3, 0.4) is 0 Å². The standard InChI is InChI=1S/C11H17BrN2O2S/c1-16-4-2-3-14(7-11(13)15)6-10-5-9(12)8-17-10/h5,8H,2-4,6-7H2,1H3,(H2,13,15). The van der Waals surface area contributed by atoms with Gasteiger partial charge in [0.25, 0.3) is 0 Å². The molecule has 0 unspecified atom stereocenters. The molecule has 0 saturated carbocycles. The van der Waals surface area contributed by atoms with Crippen molar-refractivity contribution in [2.75, 3.05) is 26.8 Å². The highest BCUT2D eigenvalue weighted by Crippen LogP contribution is 2.21. The van der Waals surface area contributed by atoms with Gasteiger partial charge in [0.2, 0.25) is 5.91 Å². The first kappa shape index (κ1) is 14.6. The van der Waals surface area contributed by atoms with Gasteiger partial charge in [-0.2, -0.15) is 0 Å². The molecule has 4 nitrogen and oxygen atoms in total. The second-order valence-electron chi connectivity index (χ2n) is 3.75. The first-order chi connectivity index (χ1) is 8.11. The van der Waals surface area contributed by atoms with E-state index in [0.29, 0.717) is 13.2 Å². The van der Waals surface area contributed by atoms with Gasteiger partial charge >= 0.3 is 0 Å². The van der Waals surface area contributed by atoms with E-state index in [4.69, 9.17) is 10.5 Å². The zero-order valence-electron chi connectivity index (χ0n) is 9.82. The lowest BCUT2D eigenvalue weighted by Gasteiger charge is -2.19. The van der Waals surface area contributed by atoms with Crippen LogP contribution >= 0.6 is 27.3 Å². The van der Waals surface area contributed by atoms with Crippen molar-refractivity contribution in [1.29, 1.82) is 0 Å². The average Bonchev–Trinajstić information content (AvgIpc) is 2.63. The van der Waals surface area contributed by atoms with E-state index >= 15 is 0 Å². The normalized spacial score (nSPS) is 11.0. The molecule has 0 bridgehead atoms. The Hall–Kier alpha value is -0.430. The van der Waals surface area contributed by atoms with Crippen LogP contribution in [0.1, 0.15) is 11.3 Å². The van der Waals surface area contributed by atoms with Crippen molar-refractivity contribution >= 4 is 33.2 Å². The van der Waals surface area contributed by atoms with Gasteiger partial charge in [-0.05, 0) is 28.4 Å². The lowest BCUT2D eigenvalue weighted by molar-refractivity contribution is -0.119. The molecular formula is C11H17BrN2O2S. The lowest BCUT2D eigenvalue weighted by atomic mass is 10.3. The number of carbonyl (C=O) groups excluding carboxylic acids is 1. The molecular weight excluding hydrogens is 304 g/mol. The minimum atomic E-state index is -0.293. The molecule has 17 heavy (non-hydrogen) atoms. The summed E-state index contributed by atoms with van der Waals surface area (Å²) in [5, 5.41) is 2.03. The number of primary amides is 1. The summed E-state index contributed by atoms with van der Waals surface area (Å²) in [4.78, 5) is 14.2. The third-order valence-corrected chi connectivity index (χ3v) is 3.89. The van der Waals surface area contributed by atoms with Crippen molar-refractivity contribution in [3.63, 3.8) is 0 Å². The molecule has 0 aliphatic carbocycles. The Morgan fingerprint density at radius 1 is 1.65 bits per heavy atom. The van der Waals surface area contributed by atoms with Crippen molar-refractivity contribution in [3.05, 3.63) is 20.8 Å². The molecule has 1 aromatic rings. The molecule has 0 aliphatic rings. The van der Waals surface area contributed by atoms with Crippen molar-refractivity contribution < 1.29 is 9.53 Å². The molecule has 1 amide bonds. The van der Waals surface area contributed by atoms with Crippen LogP contribution in [-0.4, -0.2) is 37.6 Å². The van der Waals surface area contributed by atoms with Gasteiger partial charge in [0.15, 0.2) is 0 Å². The van der Waals surface area contributed by atoms with Crippen LogP contribution in [0, 0.1) is 0 Å². The van der Waals surface area contributed by atoms with Crippen LogP contribution in [0.5, 0.6) is 0 Å². The van der Waals surface area contributed by atoms with Gasteiger partial charge in [-0.3, -0.25) is 9.69 Å². The zero-order valence-corrected chi connectivity index (χ0v) is 12.2. The highest BCUT2D eigenvalue weighted by molar-refractivity contribution is 9.10. The van der Waals surface area contributed by atoms with E-state index < -0.39 is 0 Å². The SMILES string of the molecule is COCCCN(CC(N)=O)Cc1cc(Br)cs1.